The summed E-state index contributed by atoms with van der Waals surface area (Å²) in [5.74, 6) is 0. The maximum Gasteiger partial charge on any atom is 0.102 e. The predicted molar refractivity (Wildman–Crippen MR) is 154 cm³/mol. The first-order valence-corrected chi connectivity index (χ1v) is 15.0. The second-order valence-electron chi connectivity index (χ2n) is 10.5. The molecule has 1 aliphatic carbocycles. The van der Waals surface area contributed by atoms with Gasteiger partial charge in [0.15, 0.2) is 0 Å². The van der Waals surface area contributed by atoms with Crippen LogP contribution in [0.2, 0.25) is 0 Å². The summed E-state index contributed by atoms with van der Waals surface area (Å²) in [6, 6.07) is 21.1. The molecule has 0 radical (unpaired) electrons. The van der Waals surface area contributed by atoms with Crippen molar-refractivity contribution >= 4 is 0 Å². The maximum atomic E-state index is 6.61. The van der Waals surface area contributed by atoms with Gasteiger partial charge >= 0.3 is 0 Å². The third kappa shape index (κ3) is 11.3. The van der Waals surface area contributed by atoms with Gasteiger partial charge in [0, 0.05) is 13.0 Å². The fourth-order valence-electron chi connectivity index (χ4n) is 5.22. The molecule has 0 bridgehead atoms. The van der Waals surface area contributed by atoms with Crippen LogP contribution in [0.4, 0.5) is 0 Å². The minimum Gasteiger partial charge on any atom is -0.374 e. The van der Waals surface area contributed by atoms with Crippen LogP contribution < -0.4 is 5.32 Å². The van der Waals surface area contributed by atoms with Crippen LogP contribution in [-0.2, 0) is 27.4 Å². The van der Waals surface area contributed by atoms with Gasteiger partial charge in [-0.2, -0.15) is 0 Å². The van der Waals surface area contributed by atoms with Crippen LogP contribution in [0.25, 0.3) is 0 Å². The van der Waals surface area contributed by atoms with Crippen molar-refractivity contribution in [2.24, 2.45) is 0 Å². The molecule has 3 rings (SSSR count). The molecule has 0 amide bonds. The highest BCUT2D eigenvalue weighted by molar-refractivity contribution is 5.15. The molecule has 0 saturated heterocycles. The van der Waals surface area contributed by atoms with E-state index in [1.54, 1.807) is 0 Å². The van der Waals surface area contributed by atoms with E-state index in [9.17, 15) is 0 Å². The summed E-state index contributed by atoms with van der Waals surface area (Å²) in [6.45, 7) is 7.55. The Kier molecular flexibility index (Phi) is 14.9. The van der Waals surface area contributed by atoms with Gasteiger partial charge in [0.25, 0.3) is 0 Å². The lowest BCUT2D eigenvalue weighted by Crippen LogP contribution is -2.47. The van der Waals surface area contributed by atoms with Crippen molar-refractivity contribution in [3.63, 3.8) is 0 Å². The molecule has 4 heteroatoms. The molecule has 1 N–H and O–H groups in total. The number of rotatable bonds is 20. The summed E-state index contributed by atoms with van der Waals surface area (Å²) in [7, 11) is 0. The SMILES string of the molecule is CCCCCCCN[C@H]1[C@H](OCCCCCCC)[C@H](OCc2ccccc2)C[C@@H]1OCc1ccccc1. The van der Waals surface area contributed by atoms with Crippen LogP contribution in [0, 0.1) is 0 Å². The molecule has 4 atom stereocenters. The Morgan fingerprint density at radius 2 is 1.16 bits per heavy atom. The quantitative estimate of drug-likeness (QED) is 0.185. The molecule has 2 aromatic rings. The molecule has 0 heterocycles. The molecule has 2 aromatic carbocycles. The molecule has 206 valence electrons. The van der Waals surface area contributed by atoms with Crippen LogP contribution in [0.1, 0.15) is 95.6 Å². The van der Waals surface area contributed by atoms with Crippen molar-refractivity contribution in [1.29, 1.82) is 0 Å². The summed E-state index contributed by atoms with van der Waals surface area (Å²) in [5, 5.41) is 3.85. The van der Waals surface area contributed by atoms with E-state index in [2.05, 4.69) is 79.8 Å². The highest BCUT2D eigenvalue weighted by Crippen LogP contribution is 2.30. The number of benzene rings is 2. The third-order valence-electron chi connectivity index (χ3n) is 7.42. The first-order valence-electron chi connectivity index (χ1n) is 15.0. The summed E-state index contributed by atoms with van der Waals surface area (Å²) in [6.07, 6.45) is 13.6. The minimum absolute atomic E-state index is 0.00584. The van der Waals surface area contributed by atoms with E-state index in [4.69, 9.17) is 14.2 Å². The van der Waals surface area contributed by atoms with Crippen molar-refractivity contribution < 1.29 is 14.2 Å². The number of hydrogen-bond donors (Lipinski definition) is 1. The molecular weight excluding hydrogens is 458 g/mol. The molecule has 0 aliphatic heterocycles. The van der Waals surface area contributed by atoms with E-state index in [-0.39, 0.29) is 24.4 Å². The van der Waals surface area contributed by atoms with Crippen molar-refractivity contribution in [2.75, 3.05) is 13.2 Å². The Hall–Kier alpha value is -1.72. The van der Waals surface area contributed by atoms with Crippen molar-refractivity contribution in [3.8, 4) is 0 Å². The zero-order valence-electron chi connectivity index (χ0n) is 23.4. The average Bonchev–Trinajstić information content (AvgIpc) is 3.27. The number of unbranched alkanes of at least 4 members (excludes halogenated alkanes) is 8. The molecular formula is C33H51NO3. The van der Waals surface area contributed by atoms with E-state index in [0.29, 0.717) is 13.2 Å². The van der Waals surface area contributed by atoms with Gasteiger partial charge in [0.05, 0.1) is 31.5 Å². The zero-order valence-corrected chi connectivity index (χ0v) is 23.4. The Morgan fingerprint density at radius 1 is 0.622 bits per heavy atom. The second-order valence-corrected chi connectivity index (χ2v) is 10.5. The second kappa shape index (κ2) is 18.5. The highest BCUT2D eigenvalue weighted by atomic mass is 16.6. The number of ether oxygens (including phenoxy) is 3. The smallest absolute Gasteiger partial charge is 0.102 e. The fraction of sp³-hybridized carbons (Fsp3) is 0.636. The summed E-state index contributed by atoms with van der Waals surface area (Å²) in [4.78, 5) is 0. The molecule has 0 unspecified atom stereocenters. The van der Waals surface area contributed by atoms with Crippen LogP contribution in [0.15, 0.2) is 60.7 Å². The summed E-state index contributed by atoms with van der Waals surface area (Å²) < 4.78 is 19.7. The van der Waals surface area contributed by atoms with Gasteiger partial charge in [-0.3, -0.25) is 0 Å². The zero-order chi connectivity index (χ0) is 26.0. The Morgan fingerprint density at radius 3 is 1.76 bits per heavy atom. The van der Waals surface area contributed by atoms with Gasteiger partial charge in [-0.1, -0.05) is 126 Å². The van der Waals surface area contributed by atoms with E-state index in [1.807, 2.05) is 0 Å². The predicted octanol–water partition coefficient (Wildman–Crippen LogP) is 7.85. The highest BCUT2D eigenvalue weighted by Gasteiger charge is 2.45. The van der Waals surface area contributed by atoms with Gasteiger partial charge in [-0.25, -0.2) is 0 Å². The van der Waals surface area contributed by atoms with Crippen LogP contribution in [0.5, 0.6) is 0 Å². The lowest BCUT2D eigenvalue weighted by Gasteiger charge is -2.28. The molecule has 37 heavy (non-hydrogen) atoms. The lowest BCUT2D eigenvalue weighted by atomic mass is 10.1. The Balaban J connectivity index is 1.63. The normalized spacial score (nSPS) is 21.5. The van der Waals surface area contributed by atoms with E-state index >= 15 is 0 Å². The molecule has 1 saturated carbocycles. The fourth-order valence-corrected chi connectivity index (χ4v) is 5.22. The van der Waals surface area contributed by atoms with Gasteiger partial charge in [-0.05, 0) is 30.5 Å². The summed E-state index contributed by atoms with van der Waals surface area (Å²) in [5.41, 5.74) is 2.41. The van der Waals surface area contributed by atoms with Gasteiger partial charge < -0.3 is 19.5 Å². The van der Waals surface area contributed by atoms with E-state index in [1.165, 1.54) is 68.9 Å². The minimum atomic E-state index is 0.00584. The van der Waals surface area contributed by atoms with Gasteiger partial charge in [-0.15, -0.1) is 0 Å². The molecule has 0 aromatic heterocycles. The number of hydrogen-bond acceptors (Lipinski definition) is 4. The lowest BCUT2D eigenvalue weighted by molar-refractivity contribution is -0.0723. The molecule has 1 aliphatic rings. The summed E-state index contributed by atoms with van der Waals surface area (Å²) >= 11 is 0. The van der Waals surface area contributed by atoms with Crippen molar-refractivity contribution in [1.82, 2.24) is 5.32 Å². The molecule has 4 nitrogen and oxygen atoms in total. The monoisotopic (exact) mass is 509 g/mol. The average molecular weight is 510 g/mol. The topological polar surface area (TPSA) is 39.7 Å². The van der Waals surface area contributed by atoms with E-state index in [0.717, 1.165) is 26.0 Å². The first-order chi connectivity index (χ1) is 18.3. The Labute approximate surface area is 226 Å². The van der Waals surface area contributed by atoms with E-state index < -0.39 is 0 Å². The number of nitrogens with one attached hydrogen (secondary N) is 1. The van der Waals surface area contributed by atoms with Gasteiger partial charge in [0.2, 0.25) is 0 Å². The Bertz CT molecular complexity index is 732. The third-order valence-corrected chi connectivity index (χ3v) is 7.42. The largest absolute Gasteiger partial charge is 0.374 e. The molecule has 1 fully saturated rings. The first kappa shape index (κ1) is 29.8. The van der Waals surface area contributed by atoms with Crippen LogP contribution in [-0.4, -0.2) is 37.5 Å². The van der Waals surface area contributed by atoms with Crippen molar-refractivity contribution in [2.45, 2.75) is 122 Å². The van der Waals surface area contributed by atoms with Gasteiger partial charge in [0.1, 0.15) is 6.10 Å². The standard InChI is InChI=1S/C33H51NO3/c1-3-5-7-9-17-23-34-32-30(36-26-28-19-13-11-14-20-28)25-31(37-27-29-21-15-12-16-22-29)33(32)35-24-18-10-8-6-4-2/h11-16,19-22,30-34H,3-10,17-18,23-27H2,1-2H3/t30-,31+,32+,33+/m0/s1. The molecule has 0 spiro atoms. The van der Waals surface area contributed by atoms with Crippen LogP contribution >= 0.6 is 0 Å². The van der Waals surface area contributed by atoms with Crippen LogP contribution in [0.3, 0.4) is 0 Å². The maximum absolute atomic E-state index is 6.61. The van der Waals surface area contributed by atoms with Crippen molar-refractivity contribution in [3.05, 3.63) is 71.8 Å².